The summed E-state index contributed by atoms with van der Waals surface area (Å²) in [6.45, 7) is 0. The van der Waals surface area contributed by atoms with Crippen LogP contribution in [0.5, 0.6) is 23.0 Å². The van der Waals surface area contributed by atoms with Gasteiger partial charge in [0.2, 0.25) is 5.75 Å². The maximum Gasteiger partial charge on any atom is 0.279 e. The van der Waals surface area contributed by atoms with Crippen molar-refractivity contribution in [1.82, 2.24) is 4.57 Å². The van der Waals surface area contributed by atoms with E-state index in [2.05, 4.69) is 4.99 Å². The van der Waals surface area contributed by atoms with E-state index in [1.165, 1.54) is 11.3 Å². The second kappa shape index (κ2) is 8.83. The maximum atomic E-state index is 12.6. The zero-order chi connectivity index (χ0) is 21.0. The molecule has 0 atom stereocenters. The number of hydrogen-bond donors (Lipinski definition) is 0. The molecule has 0 spiro atoms. The lowest BCUT2D eigenvalue weighted by Gasteiger charge is -2.14. The second-order valence-electron chi connectivity index (χ2n) is 6.03. The van der Waals surface area contributed by atoms with Crippen LogP contribution >= 0.6 is 11.3 Å². The summed E-state index contributed by atoms with van der Waals surface area (Å²) in [5.74, 6) is 1.91. The molecule has 0 N–H and O–H groups in total. The summed E-state index contributed by atoms with van der Waals surface area (Å²) in [7, 11) is 8.12. The van der Waals surface area contributed by atoms with Gasteiger partial charge < -0.3 is 23.5 Å². The molecule has 1 amide bonds. The first-order valence-corrected chi connectivity index (χ1v) is 9.58. The summed E-state index contributed by atoms with van der Waals surface area (Å²) in [4.78, 5) is 17.4. The monoisotopic (exact) mass is 414 g/mol. The van der Waals surface area contributed by atoms with Crippen molar-refractivity contribution in [3.8, 4) is 34.3 Å². The van der Waals surface area contributed by atoms with Crippen LogP contribution in [0, 0.1) is 0 Å². The fourth-order valence-corrected chi connectivity index (χ4v) is 3.77. The first-order chi connectivity index (χ1) is 14.0. The molecule has 3 rings (SSSR count). The van der Waals surface area contributed by atoms with Gasteiger partial charge >= 0.3 is 0 Å². The zero-order valence-corrected chi connectivity index (χ0v) is 17.7. The van der Waals surface area contributed by atoms with Gasteiger partial charge in [-0.2, -0.15) is 4.99 Å². The van der Waals surface area contributed by atoms with E-state index in [-0.39, 0.29) is 5.91 Å². The van der Waals surface area contributed by atoms with Crippen molar-refractivity contribution < 1.29 is 23.7 Å². The number of thiazole rings is 1. The Hall–Kier alpha value is -3.26. The van der Waals surface area contributed by atoms with Crippen LogP contribution in [-0.4, -0.2) is 38.9 Å². The molecule has 0 unspecified atom stereocenters. The summed E-state index contributed by atoms with van der Waals surface area (Å²) in [6, 6.07) is 10.6. The molecule has 29 heavy (non-hydrogen) atoms. The molecule has 0 saturated heterocycles. The van der Waals surface area contributed by atoms with Gasteiger partial charge in [0, 0.05) is 23.6 Å². The van der Waals surface area contributed by atoms with E-state index in [0.29, 0.717) is 33.4 Å². The predicted molar refractivity (Wildman–Crippen MR) is 111 cm³/mol. The second-order valence-corrected chi connectivity index (χ2v) is 6.86. The number of carbonyl (C=O) groups excluding carboxylic acids is 1. The van der Waals surface area contributed by atoms with Crippen molar-refractivity contribution in [2.24, 2.45) is 12.0 Å². The largest absolute Gasteiger partial charge is 0.497 e. The summed E-state index contributed by atoms with van der Waals surface area (Å²) < 4.78 is 23.3. The number of hydrogen-bond acceptors (Lipinski definition) is 6. The van der Waals surface area contributed by atoms with Gasteiger partial charge in [0.05, 0.1) is 34.1 Å². The Kier molecular flexibility index (Phi) is 6.23. The number of amides is 1. The molecular weight excluding hydrogens is 392 g/mol. The Morgan fingerprint density at radius 1 is 0.966 bits per heavy atom. The smallest absolute Gasteiger partial charge is 0.279 e. The van der Waals surface area contributed by atoms with Gasteiger partial charge in [0.25, 0.3) is 5.91 Å². The molecule has 1 aromatic heterocycles. The Labute approximate surface area is 172 Å². The minimum Gasteiger partial charge on any atom is -0.497 e. The number of carbonyl (C=O) groups is 1. The minimum atomic E-state index is -0.335. The van der Waals surface area contributed by atoms with Crippen LogP contribution in [-0.2, 0) is 7.05 Å². The standard InChI is InChI=1S/C21H22N2O5S/c1-23-16(14-10-17(26-3)19(28-5)18(11-14)27-4)12-29-21(23)22-20(24)13-7-6-8-15(9-13)25-2/h6-12H,1-5H3/b22-21-. The van der Waals surface area contributed by atoms with E-state index in [4.69, 9.17) is 18.9 Å². The van der Waals surface area contributed by atoms with Gasteiger partial charge in [0.1, 0.15) is 5.75 Å². The number of rotatable bonds is 6. The normalized spacial score (nSPS) is 11.3. The van der Waals surface area contributed by atoms with Gasteiger partial charge in [-0.05, 0) is 30.3 Å². The fourth-order valence-electron chi connectivity index (χ4n) is 2.87. The summed E-state index contributed by atoms with van der Waals surface area (Å²) >= 11 is 1.37. The molecule has 3 aromatic rings. The van der Waals surface area contributed by atoms with Gasteiger partial charge in [0.15, 0.2) is 16.3 Å². The SMILES string of the molecule is COc1cccc(C(=O)/N=c2\scc(-c3cc(OC)c(OC)c(OC)c3)n2C)c1. The van der Waals surface area contributed by atoms with Crippen molar-refractivity contribution in [3.63, 3.8) is 0 Å². The van der Waals surface area contributed by atoms with Crippen molar-refractivity contribution in [2.45, 2.75) is 0 Å². The summed E-state index contributed by atoms with van der Waals surface area (Å²) in [5.41, 5.74) is 2.19. The van der Waals surface area contributed by atoms with Crippen molar-refractivity contribution in [3.05, 3.63) is 52.1 Å². The van der Waals surface area contributed by atoms with Crippen molar-refractivity contribution in [1.29, 1.82) is 0 Å². The molecule has 152 valence electrons. The Bertz CT molecular complexity index is 1080. The number of benzene rings is 2. The molecule has 0 saturated carbocycles. The lowest BCUT2D eigenvalue weighted by molar-refractivity contribution is 0.0997. The molecule has 0 fully saturated rings. The van der Waals surface area contributed by atoms with Crippen LogP contribution in [0.3, 0.4) is 0 Å². The molecule has 2 aromatic carbocycles. The number of nitrogens with zero attached hydrogens (tertiary/aromatic N) is 2. The molecule has 0 bridgehead atoms. The number of aromatic nitrogens is 1. The van der Waals surface area contributed by atoms with Gasteiger partial charge in [-0.15, -0.1) is 11.3 Å². The summed E-state index contributed by atoms with van der Waals surface area (Å²) in [5, 5.41) is 1.93. The van der Waals surface area contributed by atoms with E-state index in [0.717, 1.165) is 11.3 Å². The highest BCUT2D eigenvalue weighted by atomic mass is 32.1. The maximum absolute atomic E-state index is 12.6. The molecule has 0 radical (unpaired) electrons. The van der Waals surface area contributed by atoms with Crippen LogP contribution in [0.2, 0.25) is 0 Å². The van der Waals surface area contributed by atoms with E-state index in [1.807, 2.05) is 29.1 Å². The highest BCUT2D eigenvalue weighted by molar-refractivity contribution is 7.07. The number of methoxy groups -OCH3 is 4. The number of ether oxygens (including phenoxy) is 4. The zero-order valence-electron chi connectivity index (χ0n) is 16.9. The topological polar surface area (TPSA) is 71.3 Å². The summed E-state index contributed by atoms with van der Waals surface area (Å²) in [6.07, 6.45) is 0. The molecule has 0 aliphatic heterocycles. The van der Waals surface area contributed by atoms with Crippen LogP contribution in [0.15, 0.2) is 46.8 Å². The van der Waals surface area contributed by atoms with E-state index in [9.17, 15) is 4.79 Å². The Morgan fingerprint density at radius 2 is 1.66 bits per heavy atom. The van der Waals surface area contributed by atoms with Crippen molar-refractivity contribution in [2.75, 3.05) is 28.4 Å². The third kappa shape index (κ3) is 4.12. The fraction of sp³-hybridized carbons (Fsp3) is 0.238. The molecule has 7 nitrogen and oxygen atoms in total. The molecule has 0 aliphatic rings. The lowest BCUT2D eigenvalue weighted by atomic mass is 10.1. The minimum absolute atomic E-state index is 0.335. The van der Waals surface area contributed by atoms with Crippen LogP contribution in [0.25, 0.3) is 11.3 Å². The molecular formula is C21H22N2O5S. The first-order valence-electron chi connectivity index (χ1n) is 8.70. The lowest BCUT2D eigenvalue weighted by Crippen LogP contribution is -2.14. The van der Waals surface area contributed by atoms with Gasteiger partial charge in [-0.1, -0.05) is 6.07 Å². The highest BCUT2D eigenvalue weighted by Gasteiger charge is 2.16. The van der Waals surface area contributed by atoms with Crippen LogP contribution in [0.4, 0.5) is 0 Å². The first kappa shape index (κ1) is 20.5. The van der Waals surface area contributed by atoms with Gasteiger partial charge in [-0.3, -0.25) is 4.79 Å². The third-order valence-electron chi connectivity index (χ3n) is 4.40. The Balaban J connectivity index is 2.03. The Morgan fingerprint density at radius 3 is 2.24 bits per heavy atom. The average molecular weight is 414 g/mol. The quantitative estimate of drug-likeness (QED) is 0.617. The molecule has 1 heterocycles. The van der Waals surface area contributed by atoms with E-state index >= 15 is 0 Å². The average Bonchev–Trinajstić information content (AvgIpc) is 3.12. The van der Waals surface area contributed by atoms with Gasteiger partial charge in [-0.25, -0.2) is 0 Å². The highest BCUT2D eigenvalue weighted by Crippen LogP contribution is 2.41. The molecule has 8 heteroatoms. The van der Waals surface area contributed by atoms with Crippen LogP contribution < -0.4 is 23.7 Å². The molecule has 0 aliphatic carbocycles. The third-order valence-corrected chi connectivity index (χ3v) is 5.32. The van der Waals surface area contributed by atoms with E-state index < -0.39 is 0 Å². The van der Waals surface area contributed by atoms with Crippen LogP contribution in [0.1, 0.15) is 10.4 Å². The predicted octanol–water partition coefficient (Wildman–Crippen LogP) is 3.53. The van der Waals surface area contributed by atoms with Crippen molar-refractivity contribution >= 4 is 17.2 Å². The van der Waals surface area contributed by atoms with E-state index in [1.54, 1.807) is 52.7 Å².